The molecule has 0 aromatic heterocycles. The molecule has 4 heteroatoms. The van der Waals surface area contributed by atoms with Gasteiger partial charge in [-0.3, -0.25) is 4.99 Å². The molecule has 106 valence electrons. The Morgan fingerprint density at radius 3 is 2.63 bits per heavy atom. The highest BCUT2D eigenvalue weighted by Crippen LogP contribution is 2.27. The number of aliphatic carboxylic acids is 1. The Kier molecular flexibility index (Phi) is 5.00. The molecule has 0 radical (unpaired) electrons. The van der Waals surface area contributed by atoms with Crippen LogP contribution in [-0.4, -0.2) is 23.3 Å². The quantitative estimate of drug-likeness (QED) is 0.767. The van der Waals surface area contributed by atoms with E-state index >= 15 is 0 Å². The van der Waals surface area contributed by atoms with Crippen LogP contribution in [0.1, 0.15) is 57.8 Å². The lowest BCUT2D eigenvalue weighted by molar-refractivity contribution is -0.132. The van der Waals surface area contributed by atoms with E-state index in [9.17, 15) is 4.79 Å². The predicted molar refractivity (Wildman–Crippen MR) is 76.2 cm³/mol. The topological polar surface area (TPSA) is 75.7 Å². The first-order chi connectivity index (χ1) is 9.18. The van der Waals surface area contributed by atoms with Crippen molar-refractivity contribution in [2.75, 3.05) is 6.54 Å². The summed E-state index contributed by atoms with van der Waals surface area (Å²) in [6.45, 7) is 0.830. The van der Waals surface area contributed by atoms with Crippen LogP contribution in [0.5, 0.6) is 0 Å². The van der Waals surface area contributed by atoms with Crippen molar-refractivity contribution in [3.8, 4) is 0 Å². The van der Waals surface area contributed by atoms with Crippen LogP contribution in [-0.2, 0) is 4.79 Å². The molecular weight excluding hydrogens is 240 g/mol. The molecule has 0 saturated heterocycles. The van der Waals surface area contributed by atoms with Gasteiger partial charge in [-0.2, -0.15) is 0 Å². The van der Waals surface area contributed by atoms with E-state index in [1.54, 1.807) is 0 Å². The highest BCUT2D eigenvalue weighted by molar-refractivity contribution is 6.07. The number of hydrogen-bond donors (Lipinski definition) is 2. The Morgan fingerprint density at radius 1 is 1.21 bits per heavy atom. The molecule has 0 amide bonds. The molecule has 2 aliphatic rings. The van der Waals surface area contributed by atoms with E-state index in [-0.39, 0.29) is 5.70 Å². The third-order valence-electron chi connectivity index (χ3n) is 4.31. The molecular formula is C15H24N2O2. The summed E-state index contributed by atoms with van der Waals surface area (Å²) >= 11 is 0. The van der Waals surface area contributed by atoms with E-state index in [2.05, 4.69) is 4.99 Å². The molecule has 0 heterocycles. The van der Waals surface area contributed by atoms with Crippen molar-refractivity contribution in [3.63, 3.8) is 0 Å². The van der Waals surface area contributed by atoms with Crippen LogP contribution in [0.3, 0.4) is 0 Å². The summed E-state index contributed by atoms with van der Waals surface area (Å²) in [5.74, 6) is -0.194. The van der Waals surface area contributed by atoms with E-state index in [1.165, 1.54) is 32.1 Å². The SMILES string of the molecule is NC(C(=O)O)=C1CCCC1=NCCC1CCCCC1. The average molecular weight is 264 g/mol. The fourth-order valence-electron chi connectivity index (χ4n) is 3.18. The van der Waals surface area contributed by atoms with E-state index in [4.69, 9.17) is 10.8 Å². The molecule has 2 fully saturated rings. The standard InChI is InChI=1S/C15H24N2O2/c16-14(15(18)19)12-7-4-8-13(12)17-10-9-11-5-2-1-3-6-11/h11H,1-10,16H2,(H,18,19). The number of rotatable bonds is 4. The Bertz CT molecular complexity index is 393. The van der Waals surface area contributed by atoms with Gasteiger partial charge < -0.3 is 10.8 Å². The fourth-order valence-corrected chi connectivity index (χ4v) is 3.18. The van der Waals surface area contributed by atoms with Crippen molar-refractivity contribution in [1.82, 2.24) is 0 Å². The van der Waals surface area contributed by atoms with Crippen molar-refractivity contribution < 1.29 is 9.90 Å². The van der Waals surface area contributed by atoms with Gasteiger partial charge >= 0.3 is 5.97 Å². The van der Waals surface area contributed by atoms with E-state index in [0.29, 0.717) is 0 Å². The minimum atomic E-state index is -1.02. The van der Waals surface area contributed by atoms with Crippen LogP contribution in [0, 0.1) is 5.92 Å². The van der Waals surface area contributed by atoms with Crippen LogP contribution in [0.25, 0.3) is 0 Å². The first-order valence-corrected chi connectivity index (χ1v) is 7.44. The van der Waals surface area contributed by atoms with Gasteiger partial charge in [0.2, 0.25) is 0 Å². The molecule has 0 atom stereocenters. The molecule has 2 saturated carbocycles. The number of hydrogen-bond acceptors (Lipinski definition) is 3. The number of nitrogens with zero attached hydrogens (tertiary/aromatic N) is 1. The molecule has 2 aliphatic carbocycles. The maximum atomic E-state index is 10.9. The highest BCUT2D eigenvalue weighted by atomic mass is 16.4. The van der Waals surface area contributed by atoms with Gasteiger partial charge in [0.25, 0.3) is 0 Å². The molecule has 2 rings (SSSR count). The molecule has 0 aromatic carbocycles. The number of allylic oxidation sites excluding steroid dienone is 1. The minimum Gasteiger partial charge on any atom is -0.477 e. The third-order valence-corrected chi connectivity index (χ3v) is 4.31. The average Bonchev–Trinajstić information content (AvgIpc) is 2.87. The van der Waals surface area contributed by atoms with E-state index in [1.807, 2.05) is 0 Å². The first kappa shape index (κ1) is 14.1. The Morgan fingerprint density at radius 2 is 1.95 bits per heavy atom. The van der Waals surface area contributed by atoms with Crippen LogP contribution >= 0.6 is 0 Å². The largest absolute Gasteiger partial charge is 0.477 e. The van der Waals surface area contributed by atoms with E-state index in [0.717, 1.165) is 49.4 Å². The van der Waals surface area contributed by atoms with Gasteiger partial charge in [0, 0.05) is 17.8 Å². The third kappa shape index (κ3) is 3.82. The number of nitrogens with two attached hydrogens (primary N) is 1. The number of carbonyl (C=O) groups is 1. The summed E-state index contributed by atoms with van der Waals surface area (Å²) < 4.78 is 0. The summed E-state index contributed by atoms with van der Waals surface area (Å²) in [7, 11) is 0. The van der Waals surface area contributed by atoms with Crippen LogP contribution < -0.4 is 5.73 Å². The van der Waals surface area contributed by atoms with Crippen molar-refractivity contribution in [3.05, 3.63) is 11.3 Å². The lowest BCUT2D eigenvalue weighted by Gasteiger charge is -2.20. The Balaban J connectivity index is 1.91. The maximum absolute atomic E-state index is 10.9. The lowest BCUT2D eigenvalue weighted by Crippen LogP contribution is -2.16. The zero-order chi connectivity index (χ0) is 13.7. The summed E-state index contributed by atoms with van der Waals surface area (Å²) in [4.78, 5) is 15.5. The van der Waals surface area contributed by atoms with Crippen molar-refractivity contribution in [2.45, 2.75) is 57.8 Å². The van der Waals surface area contributed by atoms with Gasteiger partial charge in [0.15, 0.2) is 0 Å². The van der Waals surface area contributed by atoms with Crippen LogP contribution in [0.15, 0.2) is 16.3 Å². The Hall–Kier alpha value is -1.32. The number of carboxylic acid groups (broad SMARTS) is 1. The second kappa shape index (κ2) is 6.73. The van der Waals surface area contributed by atoms with Crippen LogP contribution in [0.2, 0.25) is 0 Å². The smallest absolute Gasteiger partial charge is 0.352 e. The van der Waals surface area contributed by atoms with Gasteiger partial charge in [0.05, 0.1) is 0 Å². The van der Waals surface area contributed by atoms with Crippen molar-refractivity contribution in [1.29, 1.82) is 0 Å². The summed E-state index contributed by atoms with van der Waals surface area (Å²) in [6, 6.07) is 0. The monoisotopic (exact) mass is 264 g/mol. The van der Waals surface area contributed by atoms with E-state index < -0.39 is 5.97 Å². The number of aliphatic imine (C=N–C) groups is 1. The fraction of sp³-hybridized carbons (Fsp3) is 0.733. The van der Waals surface area contributed by atoms with Crippen molar-refractivity contribution in [2.24, 2.45) is 16.6 Å². The second-order valence-corrected chi connectivity index (χ2v) is 5.67. The molecule has 0 unspecified atom stereocenters. The first-order valence-electron chi connectivity index (χ1n) is 7.44. The van der Waals surface area contributed by atoms with Gasteiger partial charge in [-0.05, 0) is 31.6 Å². The van der Waals surface area contributed by atoms with Gasteiger partial charge in [0.1, 0.15) is 5.70 Å². The van der Waals surface area contributed by atoms with Gasteiger partial charge in [-0.25, -0.2) is 4.79 Å². The molecule has 3 N–H and O–H groups in total. The van der Waals surface area contributed by atoms with Gasteiger partial charge in [-0.15, -0.1) is 0 Å². The second-order valence-electron chi connectivity index (χ2n) is 5.67. The predicted octanol–water partition coefficient (Wildman–Crippen LogP) is 2.88. The molecule has 0 bridgehead atoms. The Labute approximate surface area is 114 Å². The zero-order valence-corrected chi connectivity index (χ0v) is 11.5. The molecule has 4 nitrogen and oxygen atoms in total. The molecule has 0 aromatic rings. The molecule has 19 heavy (non-hydrogen) atoms. The molecule has 0 spiro atoms. The summed E-state index contributed by atoms with van der Waals surface area (Å²) in [5.41, 5.74) is 7.34. The normalized spacial score (nSPS) is 25.8. The van der Waals surface area contributed by atoms with Crippen LogP contribution in [0.4, 0.5) is 0 Å². The molecule has 0 aliphatic heterocycles. The highest BCUT2D eigenvalue weighted by Gasteiger charge is 2.21. The number of carboxylic acids is 1. The lowest BCUT2D eigenvalue weighted by atomic mass is 9.87. The maximum Gasteiger partial charge on any atom is 0.352 e. The van der Waals surface area contributed by atoms with Crippen molar-refractivity contribution >= 4 is 11.7 Å². The summed E-state index contributed by atoms with van der Waals surface area (Å²) in [5, 5.41) is 8.95. The summed E-state index contributed by atoms with van der Waals surface area (Å²) in [6.07, 6.45) is 10.5. The zero-order valence-electron chi connectivity index (χ0n) is 11.5. The minimum absolute atomic E-state index is 0.00563. The van der Waals surface area contributed by atoms with Gasteiger partial charge in [-0.1, -0.05) is 32.1 Å².